The van der Waals surface area contributed by atoms with Crippen molar-refractivity contribution in [2.24, 2.45) is 21.5 Å². The number of nitriles is 1. The monoisotopic (exact) mass is 358 g/mol. The highest BCUT2D eigenvalue weighted by molar-refractivity contribution is 6.07. The van der Waals surface area contributed by atoms with Crippen LogP contribution in [-0.2, 0) is 0 Å². The Morgan fingerprint density at radius 3 is 2.56 bits per heavy atom. The van der Waals surface area contributed by atoms with Crippen LogP contribution >= 0.6 is 0 Å². The van der Waals surface area contributed by atoms with Gasteiger partial charge >= 0.3 is 0 Å². The van der Waals surface area contributed by atoms with E-state index in [9.17, 15) is 5.26 Å². The molecule has 0 unspecified atom stereocenters. The molecule has 6 heteroatoms. The molecule has 1 aliphatic carbocycles. The normalized spacial score (nSPS) is 18.6. The smallest absolute Gasteiger partial charge is 0.220 e. The molecule has 0 aromatic heterocycles. The van der Waals surface area contributed by atoms with E-state index in [1.54, 1.807) is 6.07 Å². The van der Waals surface area contributed by atoms with Gasteiger partial charge in [0.2, 0.25) is 11.9 Å². The Balaban J connectivity index is 1.87. The van der Waals surface area contributed by atoms with Crippen LogP contribution in [0.3, 0.4) is 0 Å². The third-order valence-electron chi connectivity index (χ3n) is 5.30. The lowest BCUT2D eigenvalue weighted by atomic mass is 9.86. The number of hydrogen-bond donors (Lipinski definition) is 2. The van der Waals surface area contributed by atoms with Crippen LogP contribution in [0.25, 0.3) is 11.1 Å². The van der Waals surface area contributed by atoms with Crippen LogP contribution in [0.4, 0.5) is 5.69 Å². The maximum atomic E-state index is 9.27. The van der Waals surface area contributed by atoms with Crippen LogP contribution in [-0.4, -0.2) is 17.6 Å². The van der Waals surface area contributed by atoms with Gasteiger partial charge in [-0.1, -0.05) is 36.8 Å². The summed E-state index contributed by atoms with van der Waals surface area (Å²) < 4.78 is 0. The third-order valence-corrected chi connectivity index (χ3v) is 5.30. The summed E-state index contributed by atoms with van der Waals surface area (Å²) in [5, 5.41) is 9.27. The van der Waals surface area contributed by atoms with Gasteiger partial charge in [0.05, 0.1) is 17.3 Å². The molecule has 4 rings (SSSR count). The Labute approximate surface area is 158 Å². The van der Waals surface area contributed by atoms with Gasteiger partial charge in [0, 0.05) is 5.56 Å². The molecule has 4 N–H and O–H groups in total. The van der Waals surface area contributed by atoms with Gasteiger partial charge in [-0.15, -0.1) is 0 Å². The van der Waals surface area contributed by atoms with Crippen LogP contribution in [0.2, 0.25) is 0 Å². The summed E-state index contributed by atoms with van der Waals surface area (Å²) in [6.07, 6.45) is 5.11. The van der Waals surface area contributed by atoms with E-state index in [0.717, 1.165) is 42.5 Å². The molecule has 1 aliphatic heterocycles. The first-order chi connectivity index (χ1) is 13.1. The van der Waals surface area contributed by atoms with Gasteiger partial charge in [0.25, 0.3) is 0 Å². The van der Waals surface area contributed by atoms with E-state index >= 15 is 0 Å². The molecule has 136 valence electrons. The summed E-state index contributed by atoms with van der Waals surface area (Å²) in [5.74, 6) is 0.614. The number of rotatable bonds is 2. The van der Waals surface area contributed by atoms with Crippen LogP contribution in [0.15, 0.2) is 58.5 Å². The molecule has 1 spiro atoms. The fourth-order valence-corrected chi connectivity index (χ4v) is 4.14. The van der Waals surface area contributed by atoms with Gasteiger partial charge in [-0.2, -0.15) is 10.3 Å². The largest absolute Gasteiger partial charge is 0.369 e. The van der Waals surface area contributed by atoms with Crippen molar-refractivity contribution in [3.05, 3.63) is 54.1 Å². The van der Waals surface area contributed by atoms with Gasteiger partial charge in [-0.25, -0.2) is 4.99 Å². The number of guanidine groups is 2. The van der Waals surface area contributed by atoms with Gasteiger partial charge in [0.1, 0.15) is 5.66 Å². The highest BCUT2D eigenvalue weighted by Crippen LogP contribution is 2.42. The second-order valence-electron chi connectivity index (χ2n) is 7.03. The van der Waals surface area contributed by atoms with Crippen molar-refractivity contribution in [2.45, 2.75) is 37.8 Å². The summed E-state index contributed by atoms with van der Waals surface area (Å²) in [6.45, 7) is 0. The van der Waals surface area contributed by atoms with E-state index in [1.807, 2.05) is 47.4 Å². The van der Waals surface area contributed by atoms with Crippen molar-refractivity contribution in [3.63, 3.8) is 0 Å². The van der Waals surface area contributed by atoms with Crippen molar-refractivity contribution in [1.29, 1.82) is 5.26 Å². The zero-order valence-electron chi connectivity index (χ0n) is 15.1. The summed E-state index contributed by atoms with van der Waals surface area (Å²) >= 11 is 0. The predicted octanol–water partition coefficient (Wildman–Crippen LogP) is 3.34. The summed E-state index contributed by atoms with van der Waals surface area (Å²) in [7, 11) is 0. The third kappa shape index (κ3) is 3.02. The quantitative estimate of drug-likeness (QED) is 0.859. The maximum Gasteiger partial charge on any atom is 0.220 e. The molecule has 6 nitrogen and oxygen atoms in total. The number of hydrogen-bond acceptors (Lipinski definition) is 6. The minimum absolute atomic E-state index is 0.245. The van der Waals surface area contributed by atoms with Crippen LogP contribution in [0, 0.1) is 11.3 Å². The molecule has 1 saturated carbocycles. The fourth-order valence-electron chi connectivity index (χ4n) is 4.14. The molecule has 0 saturated heterocycles. The Bertz CT molecular complexity index is 963. The number of para-hydroxylation sites is 1. The zero-order chi connectivity index (χ0) is 18.9. The summed E-state index contributed by atoms with van der Waals surface area (Å²) in [6, 6.07) is 17.8. The molecule has 0 atom stereocenters. The second-order valence-corrected chi connectivity index (χ2v) is 7.03. The number of nitrogens with two attached hydrogens (primary N) is 2. The molecule has 0 radical (unpaired) electrons. The SMILES string of the molecule is N#Cc1cccc(-c2ccccc2N2C(N)=NC(N)=NC23CCCCC3)c1. The predicted molar refractivity (Wildman–Crippen MR) is 108 cm³/mol. The highest BCUT2D eigenvalue weighted by atomic mass is 15.4. The minimum atomic E-state index is -0.489. The molecule has 27 heavy (non-hydrogen) atoms. The lowest BCUT2D eigenvalue weighted by Crippen LogP contribution is -2.58. The van der Waals surface area contributed by atoms with Crippen LogP contribution < -0.4 is 16.4 Å². The van der Waals surface area contributed by atoms with Crippen LogP contribution in [0.1, 0.15) is 37.7 Å². The van der Waals surface area contributed by atoms with Gasteiger partial charge < -0.3 is 11.5 Å². The fraction of sp³-hybridized carbons (Fsp3) is 0.286. The first-order valence-corrected chi connectivity index (χ1v) is 9.22. The van der Waals surface area contributed by atoms with Crippen molar-refractivity contribution in [1.82, 2.24) is 0 Å². The molecule has 1 heterocycles. The topological polar surface area (TPSA) is 104 Å². The molecular formula is C21H22N6. The lowest BCUT2D eigenvalue weighted by Gasteiger charge is -2.46. The van der Waals surface area contributed by atoms with E-state index in [2.05, 4.69) is 11.1 Å². The van der Waals surface area contributed by atoms with Crippen LogP contribution in [0.5, 0.6) is 0 Å². The van der Waals surface area contributed by atoms with Gasteiger partial charge in [-0.3, -0.25) is 4.90 Å². The average molecular weight is 358 g/mol. The van der Waals surface area contributed by atoms with Crippen molar-refractivity contribution in [2.75, 3.05) is 4.90 Å². The molecule has 2 aliphatic rings. The second kappa shape index (κ2) is 6.76. The first-order valence-electron chi connectivity index (χ1n) is 9.22. The molecule has 2 aromatic carbocycles. The number of benzene rings is 2. The summed E-state index contributed by atoms with van der Waals surface area (Å²) in [4.78, 5) is 11.0. The highest BCUT2D eigenvalue weighted by Gasteiger charge is 2.43. The molecule has 1 fully saturated rings. The molecule has 0 bridgehead atoms. The number of anilines is 1. The standard InChI is InChI=1S/C21H22N6/c22-14-15-7-6-8-16(13-15)17-9-2-3-10-18(17)27-20(24)25-19(23)26-21(27)11-4-1-5-12-21/h2-3,6-10,13H,1,4-5,11-12H2,(H4,23,24,25,26). The van der Waals surface area contributed by atoms with E-state index in [0.29, 0.717) is 11.5 Å². The lowest BCUT2D eigenvalue weighted by molar-refractivity contribution is 0.305. The average Bonchev–Trinajstić information content (AvgIpc) is 2.68. The molecule has 0 amide bonds. The number of aliphatic imine (C=N–C) groups is 2. The van der Waals surface area contributed by atoms with E-state index in [-0.39, 0.29) is 5.96 Å². The zero-order valence-corrected chi connectivity index (χ0v) is 15.1. The number of nitrogens with zero attached hydrogens (tertiary/aromatic N) is 4. The van der Waals surface area contributed by atoms with E-state index in [4.69, 9.17) is 16.5 Å². The van der Waals surface area contributed by atoms with E-state index in [1.165, 1.54) is 6.42 Å². The Kier molecular flexibility index (Phi) is 4.28. The van der Waals surface area contributed by atoms with Gasteiger partial charge in [-0.05, 0) is 49.4 Å². The Morgan fingerprint density at radius 1 is 1.00 bits per heavy atom. The minimum Gasteiger partial charge on any atom is -0.369 e. The van der Waals surface area contributed by atoms with Gasteiger partial charge in [0.15, 0.2) is 0 Å². The molecular weight excluding hydrogens is 336 g/mol. The first kappa shape index (κ1) is 17.1. The van der Waals surface area contributed by atoms with Crippen molar-refractivity contribution in [3.8, 4) is 17.2 Å². The Morgan fingerprint density at radius 2 is 1.78 bits per heavy atom. The molecule has 2 aromatic rings. The Hall–Kier alpha value is -3.33. The van der Waals surface area contributed by atoms with Crippen molar-refractivity contribution >= 4 is 17.6 Å². The van der Waals surface area contributed by atoms with E-state index < -0.39 is 5.66 Å². The van der Waals surface area contributed by atoms with Crippen molar-refractivity contribution < 1.29 is 0 Å². The maximum absolute atomic E-state index is 9.27. The summed E-state index contributed by atoms with van der Waals surface area (Å²) in [5.41, 5.74) is 15.4.